The topological polar surface area (TPSA) is 72.8 Å². The van der Waals surface area contributed by atoms with E-state index in [4.69, 9.17) is 9.47 Å². The van der Waals surface area contributed by atoms with E-state index in [-0.39, 0.29) is 29.8 Å². The average Bonchev–Trinajstić information content (AvgIpc) is 3.10. The van der Waals surface area contributed by atoms with Gasteiger partial charge in [0.2, 0.25) is 0 Å². The second-order valence-electron chi connectivity index (χ2n) is 7.31. The second kappa shape index (κ2) is 7.56. The predicted molar refractivity (Wildman–Crippen MR) is 92.2 cm³/mol. The van der Waals surface area contributed by atoms with Crippen molar-refractivity contribution in [2.75, 3.05) is 7.11 Å². The molecule has 3 rings (SSSR count). The van der Waals surface area contributed by atoms with Crippen molar-refractivity contribution in [2.24, 2.45) is 5.92 Å². The summed E-state index contributed by atoms with van der Waals surface area (Å²) >= 11 is 0. The van der Waals surface area contributed by atoms with Crippen molar-refractivity contribution in [1.29, 1.82) is 0 Å². The first-order valence-electron chi connectivity index (χ1n) is 9.06. The minimum atomic E-state index is -0.651. The number of hydrogen-bond acceptors (Lipinski definition) is 5. The van der Waals surface area contributed by atoms with E-state index in [1.54, 1.807) is 13.2 Å². The number of carbonyl (C=O) groups is 2. The molecule has 25 heavy (non-hydrogen) atoms. The van der Waals surface area contributed by atoms with E-state index in [0.717, 1.165) is 36.8 Å². The standard InChI is InChI=1S/C20H26O5/c1-24-13-15-10-14(6-7-18(15)22)8-9-20(16-4-2-3-5-16)12-17(21)11-19(23)25-20/h6-7,10,16,22H,2-5,8-9,11-13H2,1H3. The third-order valence-electron chi connectivity index (χ3n) is 5.53. The Balaban J connectivity index is 1.78. The summed E-state index contributed by atoms with van der Waals surface area (Å²) in [6, 6.07) is 5.47. The van der Waals surface area contributed by atoms with Crippen LogP contribution in [-0.2, 0) is 32.1 Å². The summed E-state index contributed by atoms with van der Waals surface area (Å²) in [6.07, 6.45) is 5.90. The van der Waals surface area contributed by atoms with Gasteiger partial charge in [0.15, 0.2) is 0 Å². The molecule has 1 atom stereocenters. The number of aryl methyl sites for hydroxylation is 1. The molecule has 1 N–H and O–H groups in total. The molecule has 2 aliphatic rings. The first-order valence-corrected chi connectivity index (χ1v) is 9.06. The van der Waals surface area contributed by atoms with E-state index in [2.05, 4.69) is 0 Å². The number of benzene rings is 1. The summed E-state index contributed by atoms with van der Waals surface area (Å²) in [5.41, 5.74) is 1.14. The zero-order valence-corrected chi connectivity index (χ0v) is 14.8. The first kappa shape index (κ1) is 17.9. The van der Waals surface area contributed by atoms with Gasteiger partial charge < -0.3 is 14.6 Å². The van der Waals surface area contributed by atoms with Gasteiger partial charge in [-0.25, -0.2) is 0 Å². The van der Waals surface area contributed by atoms with Gasteiger partial charge in [-0.2, -0.15) is 0 Å². The van der Waals surface area contributed by atoms with Crippen LogP contribution >= 0.6 is 0 Å². The molecule has 1 aliphatic carbocycles. The summed E-state index contributed by atoms with van der Waals surface area (Å²) in [5.74, 6) is 0.106. The summed E-state index contributed by atoms with van der Waals surface area (Å²) in [6.45, 7) is 0.348. The molecular formula is C20H26O5. The molecule has 5 heteroatoms. The number of cyclic esters (lactones) is 1. The summed E-state index contributed by atoms with van der Waals surface area (Å²) in [7, 11) is 1.59. The fourth-order valence-electron chi connectivity index (χ4n) is 4.30. The fourth-order valence-corrected chi connectivity index (χ4v) is 4.30. The van der Waals surface area contributed by atoms with Crippen LogP contribution in [0.1, 0.15) is 56.1 Å². The Morgan fingerprint density at radius 2 is 2.04 bits per heavy atom. The molecule has 1 unspecified atom stereocenters. The minimum Gasteiger partial charge on any atom is -0.508 e. The van der Waals surface area contributed by atoms with Gasteiger partial charge in [0.25, 0.3) is 0 Å². The van der Waals surface area contributed by atoms with Crippen LogP contribution in [0.15, 0.2) is 18.2 Å². The van der Waals surface area contributed by atoms with Gasteiger partial charge in [0, 0.05) is 19.1 Å². The minimum absolute atomic E-state index is 0.00562. The van der Waals surface area contributed by atoms with Crippen LogP contribution in [-0.4, -0.2) is 29.6 Å². The lowest BCUT2D eigenvalue weighted by Gasteiger charge is -2.41. The number of aromatic hydroxyl groups is 1. The highest BCUT2D eigenvalue weighted by atomic mass is 16.6. The molecule has 0 aromatic heterocycles. The molecule has 1 heterocycles. The van der Waals surface area contributed by atoms with Crippen LogP contribution in [0.2, 0.25) is 0 Å². The van der Waals surface area contributed by atoms with E-state index in [0.29, 0.717) is 25.9 Å². The van der Waals surface area contributed by atoms with E-state index in [9.17, 15) is 14.7 Å². The molecule has 1 aliphatic heterocycles. The van der Waals surface area contributed by atoms with Gasteiger partial charge in [0.1, 0.15) is 23.6 Å². The van der Waals surface area contributed by atoms with Crippen LogP contribution in [0.25, 0.3) is 0 Å². The molecule has 5 nitrogen and oxygen atoms in total. The normalized spacial score (nSPS) is 24.5. The zero-order valence-electron chi connectivity index (χ0n) is 14.8. The predicted octanol–water partition coefficient (Wildman–Crippen LogP) is 3.31. The highest BCUT2D eigenvalue weighted by molar-refractivity contribution is 5.98. The molecule has 1 saturated carbocycles. The van der Waals surface area contributed by atoms with E-state index in [1.807, 2.05) is 12.1 Å². The van der Waals surface area contributed by atoms with Crippen molar-refractivity contribution in [1.82, 2.24) is 0 Å². The van der Waals surface area contributed by atoms with Crippen molar-refractivity contribution in [2.45, 2.75) is 63.6 Å². The third kappa shape index (κ3) is 4.03. The number of phenols is 1. The number of hydrogen-bond donors (Lipinski definition) is 1. The van der Waals surface area contributed by atoms with E-state index < -0.39 is 5.60 Å². The largest absolute Gasteiger partial charge is 0.508 e. The van der Waals surface area contributed by atoms with Crippen LogP contribution in [0.5, 0.6) is 5.75 Å². The third-order valence-corrected chi connectivity index (χ3v) is 5.53. The Morgan fingerprint density at radius 3 is 2.72 bits per heavy atom. The van der Waals surface area contributed by atoms with Gasteiger partial charge in [-0.15, -0.1) is 0 Å². The van der Waals surface area contributed by atoms with Gasteiger partial charge in [-0.3, -0.25) is 9.59 Å². The second-order valence-corrected chi connectivity index (χ2v) is 7.31. The number of carbonyl (C=O) groups excluding carboxylic acids is 2. The van der Waals surface area contributed by atoms with Crippen molar-refractivity contribution in [3.8, 4) is 5.75 Å². The van der Waals surface area contributed by atoms with Crippen molar-refractivity contribution >= 4 is 11.8 Å². The van der Waals surface area contributed by atoms with Gasteiger partial charge in [-0.05, 0) is 49.3 Å². The van der Waals surface area contributed by atoms with Crippen molar-refractivity contribution in [3.63, 3.8) is 0 Å². The van der Waals surface area contributed by atoms with Gasteiger partial charge in [0.05, 0.1) is 6.61 Å². The number of ketones is 1. The molecular weight excluding hydrogens is 320 g/mol. The van der Waals surface area contributed by atoms with Crippen molar-refractivity contribution < 1.29 is 24.2 Å². The molecule has 0 radical (unpaired) electrons. The lowest BCUT2D eigenvalue weighted by atomic mass is 9.76. The summed E-state index contributed by atoms with van der Waals surface area (Å²) in [5, 5.41) is 9.88. The van der Waals surface area contributed by atoms with Crippen LogP contribution < -0.4 is 0 Å². The highest BCUT2D eigenvalue weighted by Gasteiger charge is 2.47. The van der Waals surface area contributed by atoms with Gasteiger partial charge >= 0.3 is 5.97 Å². The van der Waals surface area contributed by atoms with E-state index >= 15 is 0 Å². The maximum Gasteiger partial charge on any atom is 0.313 e. The first-order chi connectivity index (χ1) is 12.0. The SMILES string of the molecule is COCc1cc(CCC2(C3CCCC3)CC(=O)CC(=O)O2)ccc1O. The highest BCUT2D eigenvalue weighted by Crippen LogP contribution is 2.44. The molecule has 0 bridgehead atoms. The fraction of sp³-hybridized carbons (Fsp3) is 0.600. The zero-order chi connectivity index (χ0) is 17.9. The maximum absolute atomic E-state index is 12.1. The molecule has 0 amide bonds. The number of phenolic OH excluding ortho intramolecular Hbond substituents is 1. The molecule has 0 spiro atoms. The maximum atomic E-state index is 12.1. The Morgan fingerprint density at radius 1 is 1.28 bits per heavy atom. The van der Waals surface area contributed by atoms with E-state index in [1.165, 1.54) is 0 Å². The summed E-state index contributed by atoms with van der Waals surface area (Å²) in [4.78, 5) is 24.0. The number of Topliss-reactive ketones (excluding diaryl/α,β-unsaturated/α-hetero) is 1. The van der Waals surface area contributed by atoms with Crippen LogP contribution in [0.4, 0.5) is 0 Å². The number of ether oxygens (including phenoxy) is 2. The molecule has 1 aromatic carbocycles. The van der Waals surface area contributed by atoms with Gasteiger partial charge in [-0.1, -0.05) is 18.9 Å². The average molecular weight is 346 g/mol. The number of rotatable bonds is 6. The lowest BCUT2D eigenvalue weighted by molar-refractivity contribution is -0.178. The molecule has 136 valence electrons. The number of methoxy groups -OCH3 is 1. The molecule has 1 aromatic rings. The Hall–Kier alpha value is -1.88. The van der Waals surface area contributed by atoms with Crippen LogP contribution in [0.3, 0.4) is 0 Å². The Bertz CT molecular complexity index is 629. The quantitative estimate of drug-likeness (QED) is 0.632. The molecule has 1 saturated heterocycles. The lowest BCUT2D eigenvalue weighted by Crippen LogP contribution is -2.48. The molecule has 2 fully saturated rings. The smallest absolute Gasteiger partial charge is 0.313 e. The number of esters is 1. The van der Waals surface area contributed by atoms with Crippen LogP contribution in [0, 0.1) is 5.92 Å². The summed E-state index contributed by atoms with van der Waals surface area (Å²) < 4.78 is 10.9. The Kier molecular flexibility index (Phi) is 5.42. The van der Waals surface area contributed by atoms with Crippen molar-refractivity contribution in [3.05, 3.63) is 29.3 Å². The monoisotopic (exact) mass is 346 g/mol. The Labute approximate surface area is 148 Å².